The summed E-state index contributed by atoms with van der Waals surface area (Å²) in [6, 6.07) is 12.3. The lowest BCUT2D eigenvalue weighted by molar-refractivity contribution is 0.0695. The third-order valence-electron chi connectivity index (χ3n) is 2.84. The summed E-state index contributed by atoms with van der Waals surface area (Å²) in [7, 11) is 0. The number of pyridine rings is 1. The minimum Gasteiger partial charge on any atom is -0.478 e. The SMILES string of the molecule is N#Cc1ccc(NCCc2ccccc2C(=O)O)nc1. The van der Waals surface area contributed by atoms with Crippen LogP contribution in [0, 0.1) is 11.3 Å². The van der Waals surface area contributed by atoms with Gasteiger partial charge in [-0.3, -0.25) is 0 Å². The normalized spacial score (nSPS) is 9.75. The van der Waals surface area contributed by atoms with Crippen LogP contribution in [-0.2, 0) is 6.42 Å². The van der Waals surface area contributed by atoms with E-state index >= 15 is 0 Å². The Morgan fingerprint density at radius 1 is 1.30 bits per heavy atom. The molecule has 100 valence electrons. The Bertz CT molecular complexity index is 645. The number of aromatic carboxylic acids is 1. The summed E-state index contributed by atoms with van der Waals surface area (Å²) in [4.78, 5) is 15.2. The van der Waals surface area contributed by atoms with Crippen LogP contribution in [-0.4, -0.2) is 22.6 Å². The minimum absolute atomic E-state index is 0.321. The Hall–Kier alpha value is -2.87. The number of hydrogen-bond acceptors (Lipinski definition) is 4. The van der Waals surface area contributed by atoms with Gasteiger partial charge in [-0.1, -0.05) is 18.2 Å². The molecule has 0 spiro atoms. The first-order chi connectivity index (χ1) is 9.70. The summed E-state index contributed by atoms with van der Waals surface area (Å²) < 4.78 is 0. The number of carboxylic acids is 1. The zero-order valence-electron chi connectivity index (χ0n) is 10.7. The Morgan fingerprint density at radius 3 is 2.75 bits per heavy atom. The molecule has 0 amide bonds. The van der Waals surface area contributed by atoms with Crippen molar-refractivity contribution < 1.29 is 9.90 Å². The second-order valence-electron chi connectivity index (χ2n) is 4.18. The van der Waals surface area contributed by atoms with Gasteiger partial charge in [-0.25, -0.2) is 9.78 Å². The lowest BCUT2D eigenvalue weighted by Crippen LogP contribution is -2.09. The van der Waals surface area contributed by atoms with Gasteiger partial charge in [-0.2, -0.15) is 5.26 Å². The molecule has 0 unspecified atom stereocenters. The average molecular weight is 267 g/mol. The van der Waals surface area contributed by atoms with Crippen molar-refractivity contribution in [2.75, 3.05) is 11.9 Å². The predicted octanol–water partition coefficient (Wildman–Crippen LogP) is 2.31. The van der Waals surface area contributed by atoms with Gasteiger partial charge in [0, 0.05) is 12.7 Å². The fourth-order valence-corrected chi connectivity index (χ4v) is 1.84. The molecule has 0 bridgehead atoms. The largest absolute Gasteiger partial charge is 0.478 e. The van der Waals surface area contributed by atoms with Crippen LogP contribution >= 0.6 is 0 Å². The molecule has 0 aliphatic rings. The molecule has 0 fully saturated rings. The summed E-state index contributed by atoms with van der Waals surface area (Å²) >= 11 is 0. The molecule has 0 radical (unpaired) electrons. The first-order valence-corrected chi connectivity index (χ1v) is 6.12. The van der Waals surface area contributed by atoms with E-state index in [9.17, 15) is 4.79 Å². The number of carboxylic acid groups (broad SMARTS) is 1. The summed E-state index contributed by atoms with van der Waals surface area (Å²) in [6.07, 6.45) is 2.08. The Balaban J connectivity index is 1.96. The van der Waals surface area contributed by atoms with Gasteiger partial charge in [-0.05, 0) is 30.2 Å². The van der Waals surface area contributed by atoms with E-state index in [0.717, 1.165) is 5.56 Å². The molecule has 0 saturated carbocycles. The molecular formula is C15H13N3O2. The van der Waals surface area contributed by atoms with E-state index in [0.29, 0.717) is 29.9 Å². The molecule has 1 aromatic heterocycles. The van der Waals surface area contributed by atoms with Gasteiger partial charge in [-0.15, -0.1) is 0 Å². The van der Waals surface area contributed by atoms with Crippen molar-refractivity contribution in [3.05, 3.63) is 59.3 Å². The molecule has 2 rings (SSSR count). The standard InChI is InChI=1S/C15H13N3O2/c16-9-11-5-6-14(18-10-11)17-8-7-12-3-1-2-4-13(12)15(19)20/h1-6,10H,7-8H2,(H,17,18)(H,19,20). The smallest absolute Gasteiger partial charge is 0.335 e. The summed E-state index contributed by atoms with van der Waals surface area (Å²) in [5.74, 6) is -0.256. The number of hydrogen-bond donors (Lipinski definition) is 2. The number of anilines is 1. The molecular weight excluding hydrogens is 254 g/mol. The number of nitrogens with zero attached hydrogens (tertiary/aromatic N) is 2. The fraction of sp³-hybridized carbons (Fsp3) is 0.133. The molecule has 20 heavy (non-hydrogen) atoms. The van der Waals surface area contributed by atoms with Crippen molar-refractivity contribution in [1.82, 2.24) is 4.98 Å². The molecule has 5 nitrogen and oxygen atoms in total. The van der Waals surface area contributed by atoms with Crippen molar-refractivity contribution >= 4 is 11.8 Å². The Labute approximate surface area is 116 Å². The molecule has 1 aromatic carbocycles. The zero-order valence-corrected chi connectivity index (χ0v) is 10.7. The van der Waals surface area contributed by atoms with E-state index in [2.05, 4.69) is 10.3 Å². The van der Waals surface area contributed by atoms with Crippen LogP contribution < -0.4 is 5.32 Å². The highest BCUT2D eigenvalue weighted by Crippen LogP contribution is 2.10. The molecule has 2 aromatic rings. The van der Waals surface area contributed by atoms with Gasteiger partial charge in [0.15, 0.2) is 0 Å². The molecule has 2 N–H and O–H groups in total. The number of nitrogens with one attached hydrogen (secondary N) is 1. The second-order valence-corrected chi connectivity index (χ2v) is 4.18. The van der Waals surface area contributed by atoms with Crippen LogP contribution in [0.15, 0.2) is 42.6 Å². The van der Waals surface area contributed by atoms with Crippen molar-refractivity contribution in [2.45, 2.75) is 6.42 Å². The van der Waals surface area contributed by atoms with Crippen LogP contribution in [0.1, 0.15) is 21.5 Å². The second kappa shape index (κ2) is 6.34. The third kappa shape index (κ3) is 3.33. The van der Waals surface area contributed by atoms with Crippen LogP contribution in [0.4, 0.5) is 5.82 Å². The van der Waals surface area contributed by atoms with Crippen molar-refractivity contribution in [3.8, 4) is 6.07 Å². The molecule has 1 heterocycles. The van der Waals surface area contributed by atoms with E-state index in [1.807, 2.05) is 12.1 Å². The van der Waals surface area contributed by atoms with E-state index in [4.69, 9.17) is 10.4 Å². The Morgan fingerprint density at radius 2 is 2.10 bits per heavy atom. The van der Waals surface area contributed by atoms with Gasteiger partial charge >= 0.3 is 5.97 Å². The molecule has 0 aliphatic carbocycles. The van der Waals surface area contributed by atoms with Crippen molar-refractivity contribution in [1.29, 1.82) is 5.26 Å². The molecule has 0 atom stereocenters. The molecule has 0 saturated heterocycles. The highest BCUT2D eigenvalue weighted by Gasteiger charge is 2.08. The number of rotatable bonds is 5. The van der Waals surface area contributed by atoms with Crippen LogP contribution in [0.2, 0.25) is 0 Å². The van der Waals surface area contributed by atoms with Gasteiger partial charge in [0.05, 0.1) is 11.1 Å². The van der Waals surface area contributed by atoms with E-state index < -0.39 is 5.97 Å². The van der Waals surface area contributed by atoms with Gasteiger partial charge in [0.25, 0.3) is 0 Å². The zero-order chi connectivity index (χ0) is 14.4. The molecule has 5 heteroatoms. The topological polar surface area (TPSA) is 86.0 Å². The van der Waals surface area contributed by atoms with Crippen LogP contribution in [0.25, 0.3) is 0 Å². The summed E-state index contributed by atoms with van der Waals surface area (Å²) in [6.45, 7) is 0.573. The van der Waals surface area contributed by atoms with E-state index in [-0.39, 0.29) is 0 Å². The fourth-order valence-electron chi connectivity index (χ4n) is 1.84. The van der Waals surface area contributed by atoms with E-state index in [1.54, 1.807) is 30.3 Å². The van der Waals surface area contributed by atoms with Gasteiger partial charge < -0.3 is 10.4 Å². The molecule has 0 aliphatic heterocycles. The van der Waals surface area contributed by atoms with E-state index in [1.165, 1.54) is 6.20 Å². The minimum atomic E-state index is -0.919. The average Bonchev–Trinajstić information content (AvgIpc) is 2.48. The maximum atomic E-state index is 11.1. The van der Waals surface area contributed by atoms with Gasteiger partial charge in [0.1, 0.15) is 11.9 Å². The Kier molecular flexibility index (Phi) is 4.30. The van der Waals surface area contributed by atoms with Crippen LogP contribution in [0.5, 0.6) is 0 Å². The quantitative estimate of drug-likeness (QED) is 0.868. The first-order valence-electron chi connectivity index (χ1n) is 6.12. The monoisotopic (exact) mass is 267 g/mol. The number of nitriles is 1. The lowest BCUT2D eigenvalue weighted by Gasteiger charge is -2.07. The maximum absolute atomic E-state index is 11.1. The van der Waals surface area contributed by atoms with Crippen molar-refractivity contribution in [2.24, 2.45) is 0 Å². The van der Waals surface area contributed by atoms with Crippen molar-refractivity contribution in [3.63, 3.8) is 0 Å². The first kappa shape index (κ1) is 13.6. The highest BCUT2D eigenvalue weighted by molar-refractivity contribution is 5.89. The number of benzene rings is 1. The van der Waals surface area contributed by atoms with Crippen LogP contribution in [0.3, 0.4) is 0 Å². The lowest BCUT2D eigenvalue weighted by atomic mass is 10.0. The highest BCUT2D eigenvalue weighted by atomic mass is 16.4. The maximum Gasteiger partial charge on any atom is 0.335 e. The van der Waals surface area contributed by atoms with Gasteiger partial charge in [0.2, 0.25) is 0 Å². The number of carbonyl (C=O) groups is 1. The summed E-state index contributed by atoms with van der Waals surface area (Å²) in [5.41, 5.74) is 1.61. The third-order valence-corrected chi connectivity index (χ3v) is 2.84. The predicted molar refractivity (Wildman–Crippen MR) is 74.5 cm³/mol. The summed E-state index contributed by atoms with van der Waals surface area (Å²) in [5, 5.41) is 20.8. The number of aromatic nitrogens is 1.